The second-order valence-electron chi connectivity index (χ2n) is 8.75. The van der Waals surface area contributed by atoms with Crippen LogP contribution in [-0.2, 0) is 6.18 Å². The molecule has 2 aromatic carbocycles. The zero-order valence-electron chi connectivity index (χ0n) is 19.1. The second-order valence-corrected chi connectivity index (χ2v) is 9.75. The summed E-state index contributed by atoms with van der Waals surface area (Å²) >= 11 is 1.10. The molecule has 1 saturated carbocycles. The van der Waals surface area contributed by atoms with Gasteiger partial charge in [0.25, 0.3) is 12.1 Å². The van der Waals surface area contributed by atoms with Gasteiger partial charge in [0.1, 0.15) is 9.71 Å². The number of nitrogens with zero attached hydrogens (tertiary/aromatic N) is 3. The van der Waals surface area contributed by atoms with Gasteiger partial charge in [-0.2, -0.15) is 13.2 Å². The molecule has 1 fully saturated rings. The maximum absolute atomic E-state index is 13.2. The normalized spacial score (nSPS) is 13.7. The van der Waals surface area contributed by atoms with Crippen molar-refractivity contribution in [1.82, 2.24) is 10.3 Å². The Morgan fingerprint density at radius 3 is 2.49 bits per heavy atom. The lowest BCUT2D eigenvalue weighted by Gasteiger charge is -2.11. The van der Waals surface area contributed by atoms with Gasteiger partial charge in [-0.15, -0.1) is 11.3 Å². The monoisotopic (exact) mass is 522 g/mol. The molecule has 1 amide bonds. The van der Waals surface area contributed by atoms with Gasteiger partial charge >= 0.3 is 12.1 Å². The van der Waals surface area contributed by atoms with Crippen LogP contribution >= 0.6 is 11.3 Å². The highest BCUT2D eigenvalue weighted by atomic mass is 32.1. The molecule has 1 aliphatic rings. The number of hydrogen-bond donors (Lipinski definition) is 2. The van der Waals surface area contributed by atoms with Gasteiger partial charge in [0.2, 0.25) is 5.27 Å². The number of amides is 1. The lowest BCUT2D eigenvalue weighted by Crippen LogP contribution is -2.32. The molecule has 37 heavy (non-hydrogen) atoms. The highest BCUT2D eigenvalue weighted by Crippen LogP contribution is 2.42. The molecule has 3 heterocycles. The van der Waals surface area contributed by atoms with E-state index < -0.39 is 17.6 Å². The highest BCUT2D eigenvalue weighted by Gasteiger charge is 2.36. The minimum atomic E-state index is -4.45. The Hall–Kier alpha value is -4.25. The number of hydrogen-bond acceptors (Lipinski definition) is 6. The first-order valence-corrected chi connectivity index (χ1v) is 12.2. The summed E-state index contributed by atoms with van der Waals surface area (Å²) in [7, 11) is 0. The van der Waals surface area contributed by atoms with E-state index in [1.54, 1.807) is 16.9 Å². The Balaban J connectivity index is 1.45. The van der Waals surface area contributed by atoms with E-state index in [9.17, 15) is 18.0 Å². The second kappa shape index (κ2) is 8.70. The van der Waals surface area contributed by atoms with Crippen molar-refractivity contribution in [3.8, 4) is 22.4 Å². The molecule has 0 spiro atoms. The minimum absolute atomic E-state index is 0.189. The van der Waals surface area contributed by atoms with Gasteiger partial charge in [-0.1, -0.05) is 42.5 Å². The Morgan fingerprint density at radius 2 is 1.81 bits per heavy atom. The molecule has 11 heteroatoms. The summed E-state index contributed by atoms with van der Waals surface area (Å²) in [5, 5.41) is 7.10. The van der Waals surface area contributed by atoms with Crippen molar-refractivity contribution in [3.05, 3.63) is 77.3 Å². The predicted octanol–water partition coefficient (Wildman–Crippen LogP) is 6.09. The number of nitrogens with one attached hydrogen (secondary N) is 1. The van der Waals surface area contributed by atoms with Gasteiger partial charge in [0, 0.05) is 23.8 Å². The number of rotatable bonds is 5. The minimum Gasteiger partial charge on any atom is -0.397 e. The first-order chi connectivity index (χ1) is 17.8. The van der Waals surface area contributed by atoms with Crippen molar-refractivity contribution in [2.75, 3.05) is 11.1 Å². The topological polar surface area (TPSA) is 97.9 Å². The largest absolute Gasteiger partial charge is 0.416 e. The van der Waals surface area contributed by atoms with E-state index in [2.05, 4.69) is 10.6 Å². The van der Waals surface area contributed by atoms with Crippen LogP contribution in [0.4, 0.5) is 24.7 Å². The SMILES string of the molecule is Nc1c(C(=O)Nc2c[n+](C3CC3)no2)sc2nc(-c3ccccc3)cc(-c3ccc(C(F)(F)F)cc3)c12. The molecule has 0 saturated heterocycles. The summed E-state index contributed by atoms with van der Waals surface area (Å²) in [4.78, 5) is 18.6. The smallest absolute Gasteiger partial charge is 0.397 e. The predicted molar refractivity (Wildman–Crippen MR) is 133 cm³/mol. The van der Waals surface area contributed by atoms with Gasteiger partial charge in [-0.05, 0) is 34.0 Å². The molecule has 5 aromatic rings. The molecular formula is C26H19F3N5O2S+. The van der Waals surface area contributed by atoms with Crippen molar-refractivity contribution in [2.24, 2.45) is 0 Å². The fourth-order valence-electron chi connectivity index (χ4n) is 4.11. The number of carbonyl (C=O) groups excluding carboxylic acids is 1. The number of thiophene rings is 1. The summed E-state index contributed by atoms with van der Waals surface area (Å²) in [5.41, 5.74) is 8.43. The molecule has 0 radical (unpaired) electrons. The number of pyridine rings is 1. The Morgan fingerprint density at radius 1 is 1.08 bits per heavy atom. The Kier molecular flexibility index (Phi) is 5.45. The van der Waals surface area contributed by atoms with Gasteiger partial charge < -0.3 is 5.73 Å². The Bertz CT molecular complexity index is 1620. The molecule has 0 bridgehead atoms. The van der Waals surface area contributed by atoms with Crippen LogP contribution in [0, 0.1) is 0 Å². The summed E-state index contributed by atoms with van der Waals surface area (Å²) in [6.45, 7) is 0. The number of aromatic nitrogens is 3. The van der Waals surface area contributed by atoms with Crippen LogP contribution in [0.15, 0.2) is 71.4 Å². The van der Waals surface area contributed by atoms with Gasteiger partial charge in [0.05, 0.1) is 16.9 Å². The fourth-order valence-corrected chi connectivity index (χ4v) is 5.12. The number of alkyl halides is 3. The van der Waals surface area contributed by atoms with Crippen LogP contribution < -0.4 is 15.7 Å². The molecular weight excluding hydrogens is 503 g/mol. The summed E-state index contributed by atoms with van der Waals surface area (Å²) in [5.74, 6) is -0.297. The number of nitrogens with two attached hydrogens (primary N) is 1. The average Bonchev–Trinajstić information content (AvgIpc) is 3.55. The first-order valence-electron chi connectivity index (χ1n) is 11.4. The Labute approximate surface area is 212 Å². The number of anilines is 2. The van der Waals surface area contributed by atoms with Crippen LogP contribution in [0.5, 0.6) is 0 Å². The van der Waals surface area contributed by atoms with Crippen molar-refractivity contribution >= 4 is 39.0 Å². The van der Waals surface area contributed by atoms with Crippen LogP contribution in [0.1, 0.15) is 34.1 Å². The quantitative estimate of drug-likeness (QED) is 0.272. The van der Waals surface area contributed by atoms with E-state index in [0.29, 0.717) is 27.0 Å². The lowest BCUT2D eigenvalue weighted by molar-refractivity contribution is -0.765. The number of nitrogen functional groups attached to an aromatic ring is 1. The molecule has 186 valence electrons. The molecule has 3 N–H and O–H groups in total. The van der Waals surface area contributed by atoms with Crippen LogP contribution in [-0.4, -0.2) is 16.2 Å². The van der Waals surface area contributed by atoms with Gasteiger partial charge in [-0.25, -0.2) is 4.98 Å². The van der Waals surface area contributed by atoms with Crippen LogP contribution in [0.2, 0.25) is 0 Å². The third-order valence-corrected chi connectivity index (χ3v) is 7.24. The molecule has 0 unspecified atom stereocenters. The zero-order valence-corrected chi connectivity index (χ0v) is 19.9. The third kappa shape index (κ3) is 4.42. The van der Waals surface area contributed by atoms with E-state index in [-0.39, 0.29) is 22.5 Å². The fraction of sp³-hybridized carbons (Fsp3) is 0.154. The summed E-state index contributed by atoms with van der Waals surface area (Å²) in [6, 6.07) is 16.3. The van der Waals surface area contributed by atoms with E-state index in [4.69, 9.17) is 15.2 Å². The van der Waals surface area contributed by atoms with Crippen molar-refractivity contribution in [1.29, 1.82) is 0 Å². The van der Waals surface area contributed by atoms with E-state index in [0.717, 1.165) is 41.9 Å². The van der Waals surface area contributed by atoms with E-state index >= 15 is 0 Å². The van der Waals surface area contributed by atoms with E-state index in [1.807, 2.05) is 30.3 Å². The van der Waals surface area contributed by atoms with Gasteiger partial charge in [-0.3, -0.25) is 14.6 Å². The standard InChI is InChI=1S/C26H18F3N5O2S/c27-26(28,29)16-8-6-14(7-9-16)18-12-19(15-4-2-1-3-5-15)31-25-21(18)22(30)23(37-25)24(35)32-20-13-34(33-36-20)17-10-11-17/h1-9,12-13,17H,10-11H2,(H2-,30,32,33,35)/p+1. The zero-order chi connectivity index (χ0) is 25.7. The summed E-state index contributed by atoms with van der Waals surface area (Å²) in [6.07, 6.45) is -0.809. The summed E-state index contributed by atoms with van der Waals surface area (Å²) < 4.78 is 46.4. The number of carbonyl (C=O) groups is 1. The molecule has 7 nitrogen and oxygen atoms in total. The number of benzene rings is 2. The lowest BCUT2D eigenvalue weighted by atomic mass is 9.98. The first kappa shape index (κ1) is 23.2. The molecule has 0 atom stereocenters. The maximum atomic E-state index is 13.2. The maximum Gasteiger partial charge on any atom is 0.416 e. The van der Waals surface area contributed by atoms with Crippen molar-refractivity contribution in [2.45, 2.75) is 25.1 Å². The highest BCUT2D eigenvalue weighted by molar-refractivity contribution is 7.21. The van der Waals surface area contributed by atoms with Crippen molar-refractivity contribution in [3.63, 3.8) is 0 Å². The third-order valence-electron chi connectivity index (χ3n) is 6.14. The average molecular weight is 523 g/mol. The molecule has 0 aliphatic heterocycles. The van der Waals surface area contributed by atoms with Crippen LogP contribution in [0.25, 0.3) is 32.6 Å². The molecule has 1 aliphatic carbocycles. The van der Waals surface area contributed by atoms with Gasteiger partial charge in [0.15, 0.2) is 6.04 Å². The van der Waals surface area contributed by atoms with Crippen LogP contribution in [0.3, 0.4) is 0 Å². The number of halogens is 3. The van der Waals surface area contributed by atoms with E-state index in [1.165, 1.54) is 12.1 Å². The molecule has 6 rings (SSSR count). The van der Waals surface area contributed by atoms with Crippen molar-refractivity contribution < 1.29 is 27.2 Å². The number of fused-ring (bicyclic) bond motifs is 1. The molecule has 3 aromatic heterocycles.